The molecule has 0 aromatic heterocycles. The maximum absolute atomic E-state index is 12.0. The van der Waals surface area contributed by atoms with Crippen molar-refractivity contribution in [1.82, 2.24) is 4.90 Å². The van der Waals surface area contributed by atoms with Crippen LogP contribution in [0.4, 0.5) is 4.79 Å². The number of aliphatic hydroxyl groups is 1. The fourth-order valence-corrected chi connectivity index (χ4v) is 2.93. The molecule has 2 atom stereocenters. The number of hydrogen-bond donors (Lipinski definition) is 1. The molecular formula is C12H21NO4S. The third-order valence-corrected chi connectivity index (χ3v) is 3.55. The van der Waals surface area contributed by atoms with Crippen LogP contribution in [0.3, 0.4) is 0 Å². The first-order valence-corrected chi connectivity index (χ1v) is 6.88. The number of aliphatic hydroxyl groups excluding tert-OH is 1. The molecule has 0 aliphatic carbocycles. The van der Waals surface area contributed by atoms with E-state index in [4.69, 9.17) is 4.74 Å². The Morgan fingerprint density at radius 2 is 2.06 bits per heavy atom. The van der Waals surface area contributed by atoms with Crippen LogP contribution in [-0.2, 0) is 9.53 Å². The summed E-state index contributed by atoms with van der Waals surface area (Å²) in [5.74, 6) is 0. The molecule has 0 aromatic carbocycles. The van der Waals surface area contributed by atoms with Crippen LogP contribution in [0.2, 0.25) is 0 Å². The molecule has 1 heterocycles. The van der Waals surface area contributed by atoms with Crippen LogP contribution in [0.5, 0.6) is 0 Å². The number of carbonyl (C=O) groups is 2. The summed E-state index contributed by atoms with van der Waals surface area (Å²) in [6.45, 7) is 7.26. The number of carbonyl (C=O) groups excluding carboxylic acids is 2. The van der Waals surface area contributed by atoms with Crippen molar-refractivity contribution >= 4 is 23.0 Å². The highest BCUT2D eigenvalue weighted by molar-refractivity contribution is 8.14. The van der Waals surface area contributed by atoms with Crippen LogP contribution in [-0.4, -0.2) is 51.3 Å². The average Bonchev–Trinajstić information content (AvgIpc) is 2.57. The van der Waals surface area contributed by atoms with E-state index in [1.807, 2.05) is 0 Å². The Balaban J connectivity index is 2.64. The maximum Gasteiger partial charge on any atom is 0.410 e. The Labute approximate surface area is 112 Å². The zero-order chi connectivity index (χ0) is 13.9. The summed E-state index contributed by atoms with van der Waals surface area (Å²) in [5, 5.41) is 9.37. The predicted octanol–water partition coefficient (Wildman–Crippen LogP) is 1.64. The molecule has 1 N–H and O–H groups in total. The second kappa shape index (κ2) is 5.93. The van der Waals surface area contributed by atoms with Gasteiger partial charge in [-0.2, -0.15) is 0 Å². The van der Waals surface area contributed by atoms with Crippen molar-refractivity contribution in [2.75, 3.05) is 13.2 Å². The van der Waals surface area contributed by atoms with E-state index in [-0.39, 0.29) is 23.0 Å². The van der Waals surface area contributed by atoms with Gasteiger partial charge in [0.1, 0.15) is 5.60 Å². The topological polar surface area (TPSA) is 66.8 Å². The first-order chi connectivity index (χ1) is 8.23. The average molecular weight is 275 g/mol. The fraction of sp³-hybridized carbons (Fsp3) is 0.833. The molecule has 0 bridgehead atoms. The van der Waals surface area contributed by atoms with Crippen LogP contribution < -0.4 is 0 Å². The third kappa shape index (κ3) is 4.49. The number of nitrogens with zero attached hydrogens (tertiary/aromatic N) is 1. The van der Waals surface area contributed by atoms with Crippen LogP contribution >= 0.6 is 11.8 Å². The van der Waals surface area contributed by atoms with Gasteiger partial charge in [-0.15, -0.1) is 0 Å². The number of rotatable bonds is 2. The SMILES string of the molecule is CC(=O)SC1CC(CO)N(C(=O)OC(C)(C)C)C1. The summed E-state index contributed by atoms with van der Waals surface area (Å²) in [4.78, 5) is 24.5. The van der Waals surface area contributed by atoms with Gasteiger partial charge >= 0.3 is 6.09 Å². The zero-order valence-electron chi connectivity index (χ0n) is 11.3. The van der Waals surface area contributed by atoms with Gasteiger partial charge in [0.25, 0.3) is 0 Å². The van der Waals surface area contributed by atoms with E-state index < -0.39 is 11.7 Å². The van der Waals surface area contributed by atoms with Crippen molar-refractivity contribution in [3.63, 3.8) is 0 Å². The summed E-state index contributed by atoms with van der Waals surface area (Å²) in [6.07, 6.45) is 0.202. The molecule has 1 aliphatic heterocycles. The highest BCUT2D eigenvalue weighted by Gasteiger charge is 2.37. The lowest BCUT2D eigenvalue weighted by atomic mass is 10.2. The smallest absolute Gasteiger partial charge is 0.410 e. The van der Waals surface area contributed by atoms with Gasteiger partial charge in [0.15, 0.2) is 5.12 Å². The molecule has 0 saturated carbocycles. The number of thioether (sulfide) groups is 1. The van der Waals surface area contributed by atoms with Gasteiger partial charge in [-0.3, -0.25) is 4.79 Å². The summed E-state index contributed by atoms with van der Waals surface area (Å²) in [6, 6.07) is -0.253. The van der Waals surface area contributed by atoms with E-state index >= 15 is 0 Å². The highest BCUT2D eigenvalue weighted by Crippen LogP contribution is 2.29. The van der Waals surface area contributed by atoms with Crippen LogP contribution in [0.1, 0.15) is 34.1 Å². The van der Waals surface area contributed by atoms with E-state index in [2.05, 4.69) is 0 Å². The van der Waals surface area contributed by atoms with E-state index in [1.165, 1.54) is 23.6 Å². The summed E-state index contributed by atoms with van der Waals surface area (Å²) < 4.78 is 5.29. The fourth-order valence-electron chi connectivity index (χ4n) is 1.91. The van der Waals surface area contributed by atoms with E-state index in [0.29, 0.717) is 13.0 Å². The maximum atomic E-state index is 12.0. The largest absolute Gasteiger partial charge is 0.444 e. The summed E-state index contributed by atoms with van der Waals surface area (Å²) in [7, 11) is 0. The van der Waals surface area contributed by atoms with Crippen LogP contribution in [0, 0.1) is 0 Å². The van der Waals surface area contributed by atoms with E-state index in [1.54, 1.807) is 20.8 Å². The van der Waals surface area contributed by atoms with E-state index in [9.17, 15) is 14.7 Å². The number of hydrogen-bond acceptors (Lipinski definition) is 5. The molecule has 1 fully saturated rings. The second-order valence-corrected chi connectivity index (χ2v) is 6.91. The number of likely N-dealkylation sites (tertiary alicyclic amines) is 1. The van der Waals surface area contributed by atoms with E-state index in [0.717, 1.165) is 0 Å². The summed E-state index contributed by atoms with van der Waals surface area (Å²) in [5.41, 5.74) is -0.553. The molecule has 18 heavy (non-hydrogen) atoms. The third-order valence-electron chi connectivity index (χ3n) is 2.55. The molecular weight excluding hydrogens is 254 g/mol. The first kappa shape index (κ1) is 15.3. The lowest BCUT2D eigenvalue weighted by Gasteiger charge is -2.27. The minimum Gasteiger partial charge on any atom is -0.444 e. The number of ether oxygens (including phenoxy) is 1. The highest BCUT2D eigenvalue weighted by atomic mass is 32.2. The van der Waals surface area contributed by atoms with Crippen molar-refractivity contribution < 1.29 is 19.4 Å². The molecule has 6 heteroatoms. The minimum absolute atomic E-state index is 0.0303. The zero-order valence-corrected chi connectivity index (χ0v) is 12.1. The second-order valence-electron chi connectivity index (χ2n) is 5.44. The molecule has 5 nitrogen and oxygen atoms in total. The van der Waals surface area contributed by atoms with Crippen LogP contribution in [0.25, 0.3) is 0 Å². The summed E-state index contributed by atoms with van der Waals surface area (Å²) >= 11 is 1.22. The molecule has 0 spiro atoms. The number of amides is 1. The van der Waals surface area contributed by atoms with Crippen molar-refractivity contribution in [2.45, 2.75) is 51.0 Å². The molecule has 1 amide bonds. The minimum atomic E-state index is -0.553. The quantitative estimate of drug-likeness (QED) is 0.829. The predicted molar refractivity (Wildman–Crippen MR) is 70.5 cm³/mol. The van der Waals surface area contributed by atoms with Crippen molar-refractivity contribution in [3.8, 4) is 0 Å². The molecule has 1 aliphatic rings. The van der Waals surface area contributed by atoms with Gasteiger partial charge in [-0.05, 0) is 27.2 Å². The molecule has 1 saturated heterocycles. The molecule has 2 unspecified atom stereocenters. The van der Waals surface area contributed by atoms with Gasteiger partial charge in [0, 0.05) is 18.7 Å². The Kier molecular flexibility index (Phi) is 5.04. The molecule has 0 radical (unpaired) electrons. The lowest BCUT2D eigenvalue weighted by molar-refractivity contribution is -0.109. The molecule has 0 aromatic rings. The van der Waals surface area contributed by atoms with Gasteiger partial charge in [-0.25, -0.2) is 4.79 Å². The normalized spacial score (nSPS) is 24.2. The Morgan fingerprint density at radius 1 is 1.44 bits per heavy atom. The molecule has 1 rings (SSSR count). The molecule has 104 valence electrons. The van der Waals surface area contributed by atoms with Crippen molar-refractivity contribution in [3.05, 3.63) is 0 Å². The Hall–Kier alpha value is -0.750. The van der Waals surface area contributed by atoms with Gasteiger partial charge in [-0.1, -0.05) is 11.8 Å². The van der Waals surface area contributed by atoms with Gasteiger partial charge in [0.2, 0.25) is 0 Å². The van der Waals surface area contributed by atoms with Crippen molar-refractivity contribution in [1.29, 1.82) is 0 Å². The Morgan fingerprint density at radius 3 is 2.50 bits per heavy atom. The van der Waals surface area contributed by atoms with Crippen LogP contribution in [0.15, 0.2) is 0 Å². The monoisotopic (exact) mass is 275 g/mol. The van der Waals surface area contributed by atoms with Crippen molar-refractivity contribution in [2.24, 2.45) is 0 Å². The Bertz CT molecular complexity index is 327. The first-order valence-electron chi connectivity index (χ1n) is 6.00. The lowest BCUT2D eigenvalue weighted by Crippen LogP contribution is -2.41. The van der Waals surface area contributed by atoms with Gasteiger partial charge < -0.3 is 14.7 Å². The van der Waals surface area contributed by atoms with Gasteiger partial charge in [0.05, 0.1) is 12.6 Å². The standard InChI is InChI=1S/C12H21NO4S/c1-8(15)18-10-5-9(7-14)13(6-10)11(16)17-12(2,3)4/h9-10,14H,5-7H2,1-4H3.